The predicted octanol–water partition coefficient (Wildman–Crippen LogP) is 3.31. The Morgan fingerprint density at radius 3 is 2.73 bits per heavy atom. The zero-order chi connectivity index (χ0) is 16.3. The van der Waals surface area contributed by atoms with Crippen LogP contribution in [0.15, 0.2) is 6.20 Å². The van der Waals surface area contributed by atoms with Gasteiger partial charge in [0.2, 0.25) is 5.28 Å². The van der Waals surface area contributed by atoms with Gasteiger partial charge in [0.25, 0.3) is 0 Å². The molecule has 0 bridgehead atoms. The summed E-state index contributed by atoms with van der Waals surface area (Å²) in [6, 6.07) is 3.26. The van der Waals surface area contributed by atoms with Crippen LogP contribution in [-0.2, 0) is 11.5 Å². The van der Waals surface area contributed by atoms with Crippen molar-refractivity contribution in [1.29, 1.82) is 5.26 Å². The summed E-state index contributed by atoms with van der Waals surface area (Å²) in [6.45, 7) is 7.97. The van der Waals surface area contributed by atoms with Crippen LogP contribution in [0.4, 0.5) is 5.82 Å². The first-order valence-corrected chi connectivity index (χ1v) is 11.2. The number of rotatable bonds is 6. The number of nitriles is 1. The standard InChI is InChI=1S/C14H20ClN5OSi/c1-17-12-11-10(7-16)8-20(13(11)19-14(15)18-12)9-21-5-6-22(2,3)4/h8H,5-6,9H2,1-4H3,(H,17,18,19). The molecule has 0 spiro atoms. The predicted molar refractivity (Wildman–Crippen MR) is 90.9 cm³/mol. The Balaban J connectivity index is 2.27. The second kappa shape index (κ2) is 6.65. The highest BCUT2D eigenvalue weighted by Crippen LogP contribution is 2.27. The minimum absolute atomic E-state index is 0.141. The lowest BCUT2D eigenvalue weighted by Gasteiger charge is -2.15. The third-order valence-corrected chi connectivity index (χ3v) is 5.15. The lowest BCUT2D eigenvalue weighted by molar-refractivity contribution is 0.0898. The van der Waals surface area contributed by atoms with Crippen molar-refractivity contribution in [3.05, 3.63) is 17.0 Å². The maximum absolute atomic E-state index is 9.30. The molecule has 1 N–H and O–H groups in total. The van der Waals surface area contributed by atoms with Gasteiger partial charge < -0.3 is 14.6 Å². The van der Waals surface area contributed by atoms with Gasteiger partial charge in [0, 0.05) is 27.9 Å². The molecule has 0 unspecified atom stereocenters. The quantitative estimate of drug-likeness (QED) is 0.497. The molecule has 0 fully saturated rings. The van der Waals surface area contributed by atoms with Gasteiger partial charge in [0.1, 0.15) is 24.3 Å². The summed E-state index contributed by atoms with van der Waals surface area (Å²) >= 11 is 5.95. The number of halogens is 1. The number of nitrogens with zero attached hydrogens (tertiary/aromatic N) is 4. The summed E-state index contributed by atoms with van der Waals surface area (Å²) < 4.78 is 7.54. The Morgan fingerprint density at radius 1 is 1.41 bits per heavy atom. The number of hydrogen-bond donors (Lipinski definition) is 1. The SMILES string of the molecule is CNc1nc(Cl)nc2c1c(C#N)cn2COCC[Si](C)(C)C. The van der Waals surface area contributed by atoms with Crippen LogP contribution in [0.5, 0.6) is 0 Å². The van der Waals surface area contributed by atoms with Crippen molar-refractivity contribution in [1.82, 2.24) is 14.5 Å². The summed E-state index contributed by atoms with van der Waals surface area (Å²) in [5.74, 6) is 0.549. The molecule has 2 rings (SSSR count). The minimum atomic E-state index is -1.12. The molecule has 2 aromatic heterocycles. The minimum Gasteiger partial charge on any atom is -0.372 e. The summed E-state index contributed by atoms with van der Waals surface area (Å²) in [4.78, 5) is 8.35. The molecular weight excluding hydrogens is 318 g/mol. The molecule has 0 radical (unpaired) electrons. The first-order valence-electron chi connectivity index (χ1n) is 7.07. The van der Waals surface area contributed by atoms with E-state index in [9.17, 15) is 5.26 Å². The van der Waals surface area contributed by atoms with E-state index in [1.165, 1.54) is 0 Å². The number of ether oxygens (including phenoxy) is 1. The van der Waals surface area contributed by atoms with E-state index in [2.05, 4.69) is 41.0 Å². The fraction of sp³-hybridized carbons (Fsp3) is 0.500. The molecule has 0 aliphatic carbocycles. The van der Waals surface area contributed by atoms with Gasteiger partial charge in [0.05, 0.1) is 10.9 Å². The molecule has 0 atom stereocenters. The van der Waals surface area contributed by atoms with Crippen LogP contribution in [0.3, 0.4) is 0 Å². The number of fused-ring (bicyclic) bond motifs is 1. The number of aromatic nitrogens is 3. The van der Waals surface area contributed by atoms with Crippen LogP contribution in [0.25, 0.3) is 11.0 Å². The molecule has 8 heteroatoms. The number of hydrogen-bond acceptors (Lipinski definition) is 5. The highest BCUT2D eigenvalue weighted by molar-refractivity contribution is 6.76. The zero-order valence-electron chi connectivity index (χ0n) is 13.3. The fourth-order valence-corrected chi connectivity index (χ4v) is 2.99. The topological polar surface area (TPSA) is 75.8 Å². The van der Waals surface area contributed by atoms with Crippen LogP contribution in [0.2, 0.25) is 31.0 Å². The Bertz CT molecular complexity index is 717. The Labute approximate surface area is 136 Å². The third-order valence-electron chi connectivity index (χ3n) is 3.27. The normalized spacial score (nSPS) is 11.6. The van der Waals surface area contributed by atoms with Crippen molar-refractivity contribution in [3.8, 4) is 6.07 Å². The average Bonchev–Trinajstić information content (AvgIpc) is 2.79. The molecule has 2 aromatic rings. The first-order chi connectivity index (χ1) is 10.4. The molecule has 2 heterocycles. The van der Waals surface area contributed by atoms with E-state index in [0.29, 0.717) is 35.8 Å². The van der Waals surface area contributed by atoms with Crippen LogP contribution in [-0.4, -0.2) is 36.3 Å². The van der Waals surface area contributed by atoms with E-state index in [4.69, 9.17) is 16.3 Å². The van der Waals surface area contributed by atoms with Crippen molar-refractivity contribution < 1.29 is 4.74 Å². The zero-order valence-corrected chi connectivity index (χ0v) is 15.0. The van der Waals surface area contributed by atoms with Crippen molar-refractivity contribution >= 4 is 36.5 Å². The molecule has 22 heavy (non-hydrogen) atoms. The number of nitrogens with one attached hydrogen (secondary N) is 1. The monoisotopic (exact) mass is 337 g/mol. The van der Waals surface area contributed by atoms with Gasteiger partial charge in [0.15, 0.2) is 0 Å². The van der Waals surface area contributed by atoms with Gasteiger partial charge in [-0.25, -0.2) is 4.98 Å². The van der Waals surface area contributed by atoms with Gasteiger partial charge in [-0.05, 0) is 17.6 Å². The molecule has 0 aliphatic rings. The summed E-state index contributed by atoms with van der Waals surface area (Å²) in [7, 11) is 0.619. The van der Waals surface area contributed by atoms with Crippen LogP contribution in [0, 0.1) is 11.3 Å². The van der Waals surface area contributed by atoms with E-state index < -0.39 is 8.07 Å². The van der Waals surface area contributed by atoms with Gasteiger partial charge in [-0.2, -0.15) is 10.2 Å². The van der Waals surface area contributed by atoms with Gasteiger partial charge in [-0.1, -0.05) is 19.6 Å². The Kier molecular flexibility index (Phi) is 5.06. The van der Waals surface area contributed by atoms with E-state index >= 15 is 0 Å². The largest absolute Gasteiger partial charge is 0.372 e. The Morgan fingerprint density at radius 2 is 2.14 bits per heavy atom. The average molecular weight is 338 g/mol. The molecule has 0 aromatic carbocycles. The van der Waals surface area contributed by atoms with E-state index in [1.807, 2.05) is 0 Å². The Hall–Kier alpha value is -1.62. The lowest BCUT2D eigenvalue weighted by Crippen LogP contribution is -2.22. The molecular formula is C14H20ClN5OSi. The van der Waals surface area contributed by atoms with E-state index in [0.717, 1.165) is 6.04 Å². The lowest BCUT2D eigenvalue weighted by atomic mass is 10.2. The van der Waals surface area contributed by atoms with Gasteiger partial charge in [-0.15, -0.1) is 0 Å². The van der Waals surface area contributed by atoms with Crippen molar-refractivity contribution in [2.24, 2.45) is 0 Å². The second-order valence-corrected chi connectivity index (χ2v) is 12.2. The van der Waals surface area contributed by atoms with Crippen molar-refractivity contribution in [2.75, 3.05) is 19.0 Å². The highest BCUT2D eigenvalue weighted by atomic mass is 35.5. The molecule has 0 saturated heterocycles. The smallest absolute Gasteiger partial charge is 0.226 e. The van der Waals surface area contributed by atoms with Crippen LogP contribution >= 0.6 is 11.6 Å². The summed E-state index contributed by atoms with van der Waals surface area (Å²) in [5.41, 5.74) is 1.11. The maximum atomic E-state index is 9.30. The summed E-state index contributed by atoms with van der Waals surface area (Å²) in [6.07, 6.45) is 1.73. The maximum Gasteiger partial charge on any atom is 0.226 e. The van der Waals surface area contributed by atoms with Crippen LogP contribution < -0.4 is 5.32 Å². The molecule has 118 valence electrons. The molecule has 0 saturated carbocycles. The second-order valence-electron chi connectivity index (χ2n) is 6.26. The molecule has 6 nitrogen and oxygen atoms in total. The fourth-order valence-electron chi connectivity index (χ4n) is 2.07. The van der Waals surface area contributed by atoms with E-state index in [-0.39, 0.29) is 5.28 Å². The summed E-state index contributed by atoms with van der Waals surface area (Å²) in [5, 5.41) is 13.1. The molecule has 0 aliphatic heterocycles. The van der Waals surface area contributed by atoms with Crippen LogP contribution in [0.1, 0.15) is 5.56 Å². The van der Waals surface area contributed by atoms with Crippen molar-refractivity contribution in [3.63, 3.8) is 0 Å². The van der Waals surface area contributed by atoms with Gasteiger partial charge >= 0.3 is 0 Å². The highest BCUT2D eigenvalue weighted by Gasteiger charge is 2.17. The van der Waals surface area contributed by atoms with Crippen molar-refractivity contribution in [2.45, 2.75) is 32.4 Å². The van der Waals surface area contributed by atoms with E-state index in [1.54, 1.807) is 17.8 Å². The number of anilines is 1. The van der Waals surface area contributed by atoms with Gasteiger partial charge in [-0.3, -0.25) is 0 Å². The molecule has 0 amide bonds. The first kappa shape index (κ1) is 16.7. The third kappa shape index (κ3) is 3.77.